The molecule has 1 aliphatic heterocycles. The van der Waals surface area contributed by atoms with E-state index in [1.54, 1.807) is 0 Å². The summed E-state index contributed by atoms with van der Waals surface area (Å²) < 4.78 is 13.3. The van der Waals surface area contributed by atoms with E-state index < -0.39 is 7.14 Å². The summed E-state index contributed by atoms with van der Waals surface area (Å²) >= 11 is 0. The van der Waals surface area contributed by atoms with E-state index in [9.17, 15) is 4.57 Å². The van der Waals surface area contributed by atoms with Crippen LogP contribution in [0, 0.1) is 0 Å². The molecule has 3 heteroatoms. The van der Waals surface area contributed by atoms with Crippen LogP contribution in [-0.4, -0.2) is 17.3 Å². The molecule has 0 atom stereocenters. The van der Waals surface area contributed by atoms with Gasteiger partial charge in [0.05, 0.1) is 5.52 Å². The van der Waals surface area contributed by atoms with Gasteiger partial charge >= 0.3 is 0 Å². The van der Waals surface area contributed by atoms with Gasteiger partial charge in [-0.25, -0.2) is 0 Å². The lowest BCUT2D eigenvalue weighted by Crippen LogP contribution is -2.16. The highest BCUT2D eigenvalue weighted by Gasteiger charge is 2.31. The molecule has 1 aromatic carbocycles. The van der Waals surface area contributed by atoms with Crippen LogP contribution in [0.2, 0.25) is 0 Å². The molecule has 0 N–H and O–H groups in total. The lowest BCUT2D eigenvalue weighted by atomic mass is 10.0. The van der Waals surface area contributed by atoms with Gasteiger partial charge < -0.3 is 4.57 Å². The molecular weight excluding hydrogens is 253 g/mol. The number of rotatable bonds is 2. The molecule has 98 valence electrons. The zero-order valence-corrected chi connectivity index (χ0v) is 12.2. The van der Waals surface area contributed by atoms with E-state index in [2.05, 4.69) is 37.0 Å². The number of hydrogen-bond acceptors (Lipinski definition) is 2. The molecule has 0 saturated heterocycles. The molecule has 0 aliphatic carbocycles. The molecular formula is C16H18NOP. The molecule has 0 spiro atoms. The van der Waals surface area contributed by atoms with Gasteiger partial charge in [-0.1, -0.05) is 44.2 Å². The summed E-state index contributed by atoms with van der Waals surface area (Å²) in [6, 6.07) is 8.05. The minimum Gasteiger partial charge on any atom is -0.318 e. The van der Waals surface area contributed by atoms with Crippen molar-refractivity contribution in [1.29, 1.82) is 0 Å². The van der Waals surface area contributed by atoms with Crippen LogP contribution in [0.5, 0.6) is 0 Å². The highest BCUT2D eigenvalue weighted by Crippen LogP contribution is 2.50. The first-order chi connectivity index (χ1) is 9.12. The fourth-order valence-electron chi connectivity index (χ4n) is 2.77. The molecule has 3 rings (SSSR count). The van der Waals surface area contributed by atoms with Crippen molar-refractivity contribution in [3.63, 3.8) is 0 Å². The Labute approximate surface area is 113 Å². The van der Waals surface area contributed by atoms with Crippen LogP contribution >= 0.6 is 7.14 Å². The molecule has 0 fully saturated rings. The topological polar surface area (TPSA) is 30.0 Å². The van der Waals surface area contributed by atoms with E-state index >= 15 is 0 Å². The lowest BCUT2D eigenvalue weighted by Gasteiger charge is -2.20. The summed E-state index contributed by atoms with van der Waals surface area (Å²) in [6.07, 6.45) is 7.42. The minimum atomic E-state index is -2.31. The van der Waals surface area contributed by atoms with Crippen LogP contribution in [0.1, 0.15) is 25.3 Å². The number of fused-ring (bicyclic) bond motifs is 1. The Morgan fingerprint density at radius 1 is 1.16 bits per heavy atom. The number of pyridine rings is 1. The average molecular weight is 271 g/mol. The summed E-state index contributed by atoms with van der Waals surface area (Å²) in [5.41, 5.74) is 2.09. The quantitative estimate of drug-likeness (QED) is 0.612. The Balaban J connectivity index is 2.35. The highest BCUT2D eigenvalue weighted by molar-refractivity contribution is 7.72. The van der Waals surface area contributed by atoms with Crippen molar-refractivity contribution in [2.45, 2.75) is 19.8 Å². The normalized spacial score (nSPS) is 17.4. The second kappa shape index (κ2) is 4.61. The van der Waals surface area contributed by atoms with E-state index in [0.29, 0.717) is 18.2 Å². The van der Waals surface area contributed by atoms with E-state index in [0.717, 1.165) is 21.8 Å². The molecule has 2 aromatic rings. The van der Waals surface area contributed by atoms with Gasteiger partial charge in [-0.3, -0.25) is 4.98 Å². The van der Waals surface area contributed by atoms with Crippen LogP contribution in [0.3, 0.4) is 0 Å². The summed E-state index contributed by atoms with van der Waals surface area (Å²) in [5.74, 6) is 0.346. The van der Waals surface area contributed by atoms with Crippen LogP contribution in [0.15, 0.2) is 42.6 Å². The fraction of sp³-hybridized carbons (Fsp3) is 0.312. The van der Waals surface area contributed by atoms with Crippen LogP contribution < -0.4 is 5.30 Å². The zero-order chi connectivity index (χ0) is 13.5. The van der Waals surface area contributed by atoms with Crippen LogP contribution in [0.25, 0.3) is 10.9 Å². The Kier molecular flexibility index (Phi) is 3.06. The molecule has 1 aliphatic rings. The van der Waals surface area contributed by atoms with Crippen molar-refractivity contribution in [3.05, 3.63) is 48.2 Å². The van der Waals surface area contributed by atoms with Gasteiger partial charge in [-0.2, -0.15) is 0 Å². The Morgan fingerprint density at radius 3 is 2.53 bits per heavy atom. The van der Waals surface area contributed by atoms with E-state index in [1.807, 2.05) is 24.4 Å². The predicted octanol–water partition coefficient (Wildman–Crippen LogP) is 3.92. The number of allylic oxidation sites excluding steroid dienone is 2. The minimum absolute atomic E-state index is 0.346. The van der Waals surface area contributed by atoms with Gasteiger partial charge in [0.15, 0.2) is 0 Å². The molecule has 2 heterocycles. The Morgan fingerprint density at radius 2 is 1.84 bits per heavy atom. The molecule has 0 radical (unpaired) electrons. The average Bonchev–Trinajstić information content (AvgIpc) is 2.85. The standard InChI is InChI=1S/C16H18NOP/c1-12(2)14-11-17-15-8-4-3-7-13(15)16(14)19(18)9-5-6-10-19/h3-8,11-12H,9-10H2,1-2H3. The summed E-state index contributed by atoms with van der Waals surface area (Å²) in [4.78, 5) is 4.52. The molecule has 0 amide bonds. The summed E-state index contributed by atoms with van der Waals surface area (Å²) in [5, 5.41) is 2.14. The lowest BCUT2D eigenvalue weighted by molar-refractivity contribution is 0.585. The summed E-state index contributed by atoms with van der Waals surface area (Å²) in [6.45, 7) is 4.29. The van der Waals surface area contributed by atoms with Gasteiger partial charge in [0.1, 0.15) is 7.14 Å². The van der Waals surface area contributed by atoms with Crippen molar-refractivity contribution in [3.8, 4) is 0 Å². The maximum Gasteiger partial charge on any atom is 0.123 e. The van der Waals surface area contributed by atoms with Crippen LogP contribution in [-0.2, 0) is 4.57 Å². The third-order valence-electron chi connectivity index (χ3n) is 3.77. The SMILES string of the molecule is CC(C)c1cnc2ccccc2c1P1(=O)CC=CC1. The van der Waals surface area contributed by atoms with Crippen molar-refractivity contribution >= 4 is 23.3 Å². The number of nitrogens with zero attached hydrogens (tertiary/aromatic N) is 1. The number of hydrogen-bond donors (Lipinski definition) is 0. The van der Waals surface area contributed by atoms with Gasteiger partial charge in [-0.05, 0) is 17.5 Å². The molecule has 2 nitrogen and oxygen atoms in total. The third kappa shape index (κ3) is 2.04. The summed E-state index contributed by atoms with van der Waals surface area (Å²) in [7, 11) is -2.31. The predicted molar refractivity (Wildman–Crippen MR) is 81.9 cm³/mol. The molecule has 0 unspecified atom stereocenters. The van der Waals surface area contributed by atoms with Gasteiger partial charge in [0.25, 0.3) is 0 Å². The van der Waals surface area contributed by atoms with Crippen LogP contribution in [0.4, 0.5) is 0 Å². The first kappa shape index (κ1) is 12.6. The second-order valence-corrected chi connectivity index (χ2v) is 8.42. The smallest absolute Gasteiger partial charge is 0.123 e. The molecule has 0 bridgehead atoms. The molecule has 1 aromatic heterocycles. The van der Waals surface area contributed by atoms with E-state index in [1.165, 1.54) is 0 Å². The second-order valence-electron chi connectivity index (χ2n) is 5.46. The van der Waals surface area contributed by atoms with Gasteiger partial charge in [-0.15, -0.1) is 0 Å². The maximum absolute atomic E-state index is 13.3. The van der Waals surface area contributed by atoms with E-state index in [4.69, 9.17) is 0 Å². The largest absolute Gasteiger partial charge is 0.318 e. The molecule has 19 heavy (non-hydrogen) atoms. The van der Waals surface area contributed by atoms with Crippen molar-refractivity contribution in [2.24, 2.45) is 0 Å². The van der Waals surface area contributed by atoms with Crippen molar-refractivity contribution in [1.82, 2.24) is 4.98 Å². The number of para-hydroxylation sites is 1. The van der Waals surface area contributed by atoms with Gasteiger partial charge in [0.2, 0.25) is 0 Å². The number of benzene rings is 1. The fourth-order valence-corrected chi connectivity index (χ4v) is 5.67. The number of aromatic nitrogens is 1. The monoisotopic (exact) mass is 271 g/mol. The van der Waals surface area contributed by atoms with E-state index in [-0.39, 0.29) is 0 Å². The van der Waals surface area contributed by atoms with Crippen molar-refractivity contribution in [2.75, 3.05) is 12.3 Å². The third-order valence-corrected chi connectivity index (χ3v) is 6.69. The Bertz CT molecular complexity index is 691. The van der Waals surface area contributed by atoms with Gasteiger partial charge in [0, 0.05) is 29.2 Å². The first-order valence-electron chi connectivity index (χ1n) is 6.73. The molecule has 0 saturated carbocycles. The zero-order valence-electron chi connectivity index (χ0n) is 11.3. The first-order valence-corrected chi connectivity index (χ1v) is 8.81. The Hall–Kier alpha value is -1.40. The maximum atomic E-state index is 13.3. The highest BCUT2D eigenvalue weighted by atomic mass is 31.2. The van der Waals surface area contributed by atoms with Crippen molar-refractivity contribution < 1.29 is 4.57 Å².